The number of alkyl halides is 3. The highest BCUT2D eigenvalue weighted by molar-refractivity contribution is 6.13. The monoisotopic (exact) mass is 539 g/mol. The number of primary amides is 1. The molecule has 200 valence electrons. The zero-order valence-corrected chi connectivity index (χ0v) is 20.3. The first-order valence-corrected chi connectivity index (χ1v) is 11.5. The van der Waals surface area contributed by atoms with Crippen LogP contribution in [0.4, 0.5) is 45.3 Å². The summed E-state index contributed by atoms with van der Waals surface area (Å²) in [7, 11) is 1.54. The third kappa shape index (κ3) is 4.77. The molecule has 1 aromatic heterocycles. The average Bonchev–Trinajstić information content (AvgIpc) is 3.38. The van der Waals surface area contributed by atoms with Crippen LogP contribution >= 0.6 is 0 Å². The second kappa shape index (κ2) is 9.80. The van der Waals surface area contributed by atoms with E-state index in [0.29, 0.717) is 57.4 Å². The van der Waals surface area contributed by atoms with Crippen molar-refractivity contribution in [1.29, 1.82) is 0 Å². The number of anilines is 3. The van der Waals surface area contributed by atoms with E-state index in [1.165, 1.54) is 31.6 Å². The normalized spacial score (nSPS) is 15.0. The molecule has 0 aliphatic carbocycles. The highest BCUT2D eigenvalue weighted by atomic mass is 19.4. The van der Waals surface area contributed by atoms with Crippen LogP contribution in [0.3, 0.4) is 0 Å². The molecule has 2 amide bonds. The molecular formula is C27H21F4N5O3. The summed E-state index contributed by atoms with van der Waals surface area (Å²) in [5.74, 6) is 0.253. The standard InChI is InChI=1S/C27H21F4N5O3/c1-38-19-8-5-15(6-9-19)24-34-25-20(11-12-39-25)23(32)36(24)18-4-2-3-17(14-18)35(26(33)37)22-13-16(27(29,30)31)7-10-21(22)28/h2-14,23H,32H2,1H3,(H2,33,37). The summed E-state index contributed by atoms with van der Waals surface area (Å²) >= 11 is 0. The van der Waals surface area contributed by atoms with Crippen LogP contribution in [0.25, 0.3) is 0 Å². The first-order chi connectivity index (χ1) is 18.6. The van der Waals surface area contributed by atoms with Crippen molar-refractivity contribution < 1.29 is 31.5 Å². The Morgan fingerprint density at radius 3 is 2.49 bits per heavy atom. The van der Waals surface area contributed by atoms with Crippen molar-refractivity contribution in [1.82, 2.24) is 0 Å². The van der Waals surface area contributed by atoms with Gasteiger partial charge in [0.2, 0.25) is 5.88 Å². The summed E-state index contributed by atoms with van der Waals surface area (Å²) in [6.45, 7) is 0. The first kappa shape index (κ1) is 25.8. The average molecular weight is 539 g/mol. The first-order valence-electron chi connectivity index (χ1n) is 11.5. The molecule has 1 aliphatic rings. The van der Waals surface area contributed by atoms with E-state index in [9.17, 15) is 22.4 Å². The molecule has 0 fully saturated rings. The second-order valence-electron chi connectivity index (χ2n) is 8.52. The van der Waals surface area contributed by atoms with Crippen molar-refractivity contribution in [2.45, 2.75) is 12.3 Å². The fraction of sp³-hybridized carbons (Fsp3) is 0.111. The number of nitrogens with two attached hydrogens (primary N) is 2. The molecule has 0 saturated carbocycles. The SMILES string of the molecule is COc1ccc(C2=Nc3occc3C(N)N2c2cccc(N(C(N)=O)c3cc(C(F)(F)F)ccc3F)c2)cc1. The molecule has 1 aliphatic heterocycles. The molecule has 0 saturated heterocycles. The van der Waals surface area contributed by atoms with Crippen molar-refractivity contribution in [3.63, 3.8) is 0 Å². The van der Waals surface area contributed by atoms with Gasteiger partial charge in [0.25, 0.3) is 0 Å². The fourth-order valence-electron chi connectivity index (χ4n) is 4.30. The molecular weight excluding hydrogens is 518 g/mol. The van der Waals surface area contributed by atoms with Gasteiger partial charge in [0.15, 0.2) is 0 Å². The summed E-state index contributed by atoms with van der Waals surface area (Å²) in [6.07, 6.45) is -4.11. The number of urea groups is 1. The van der Waals surface area contributed by atoms with Crippen molar-refractivity contribution >= 4 is 34.8 Å². The van der Waals surface area contributed by atoms with E-state index in [1.54, 1.807) is 41.3 Å². The molecule has 0 radical (unpaired) electrons. The number of methoxy groups -OCH3 is 1. The lowest BCUT2D eigenvalue weighted by molar-refractivity contribution is -0.137. The fourth-order valence-corrected chi connectivity index (χ4v) is 4.30. The molecule has 1 unspecified atom stereocenters. The van der Waals surface area contributed by atoms with Crippen LogP contribution < -0.4 is 26.0 Å². The van der Waals surface area contributed by atoms with E-state index >= 15 is 0 Å². The summed E-state index contributed by atoms with van der Waals surface area (Å²) in [6, 6.07) is 15.3. The van der Waals surface area contributed by atoms with Gasteiger partial charge in [-0.15, -0.1) is 0 Å². The number of halogens is 4. The van der Waals surface area contributed by atoms with E-state index in [0.717, 1.165) is 0 Å². The summed E-state index contributed by atoms with van der Waals surface area (Å²) in [5.41, 5.74) is 12.0. The quantitative estimate of drug-likeness (QED) is 0.293. The van der Waals surface area contributed by atoms with E-state index in [1.807, 2.05) is 0 Å². The number of hydrogen-bond donors (Lipinski definition) is 2. The Balaban J connectivity index is 1.63. The number of fused-ring (bicyclic) bond motifs is 1. The van der Waals surface area contributed by atoms with Crippen LogP contribution in [0.1, 0.15) is 22.9 Å². The van der Waals surface area contributed by atoms with Crippen LogP contribution in [0.2, 0.25) is 0 Å². The third-order valence-corrected chi connectivity index (χ3v) is 6.16. The predicted octanol–water partition coefficient (Wildman–Crippen LogP) is 6.22. The number of benzene rings is 3. The molecule has 4 aromatic rings. The molecule has 0 bridgehead atoms. The summed E-state index contributed by atoms with van der Waals surface area (Å²) in [4.78, 5) is 19.4. The van der Waals surface area contributed by atoms with E-state index in [4.69, 9.17) is 20.6 Å². The summed E-state index contributed by atoms with van der Waals surface area (Å²) < 4.78 is 65.5. The van der Waals surface area contributed by atoms with Crippen molar-refractivity contribution in [2.24, 2.45) is 16.5 Å². The number of furan rings is 1. The molecule has 3 aromatic carbocycles. The number of aliphatic imine (C=N–C) groups is 1. The van der Waals surface area contributed by atoms with Gasteiger partial charge in [-0.25, -0.2) is 9.18 Å². The number of hydrogen-bond acceptors (Lipinski definition) is 6. The number of nitrogens with zero attached hydrogens (tertiary/aromatic N) is 3. The van der Waals surface area contributed by atoms with Gasteiger partial charge in [0.1, 0.15) is 23.6 Å². The molecule has 39 heavy (non-hydrogen) atoms. The predicted molar refractivity (Wildman–Crippen MR) is 137 cm³/mol. The maximum absolute atomic E-state index is 14.8. The molecule has 8 nitrogen and oxygen atoms in total. The number of amidine groups is 1. The smallest absolute Gasteiger partial charge is 0.416 e. The minimum Gasteiger partial charge on any atom is -0.497 e. The molecule has 4 N–H and O–H groups in total. The maximum atomic E-state index is 14.8. The lowest BCUT2D eigenvalue weighted by Crippen LogP contribution is -2.42. The van der Waals surface area contributed by atoms with Gasteiger partial charge in [0, 0.05) is 11.3 Å². The van der Waals surface area contributed by atoms with Gasteiger partial charge in [-0.05, 0) is 66.7 Å². The Morgan fingerprint density at radius 2 is 1.82 bits per heavy atom. The Labute approximate surface area is 219 Å². The van der Waals surface area contributed by atoms with Crippen molar-refractivity contribution in [3.8, 4) is 5.75 Å². The number of rotatable bonds is 5. The topological polar surface area (TPSA) is 110 Å². The number of carbonyl (C=O) groups excluding carboxylic acids is 1. The third-order valence-electron chi connectivity index (χ3n) is 6.16. The van der Waals surface area contributed by atoms with Crippen LogP contribution in [0, 0.1) is 5.82 Å². The molecule has 12 heteroatoms. The van der Waals surface area contributed by atoms with Crippen LogP contribution in [-0.2, 0) is 6.18 Å². The van der Waals surface area contributed by atoms with Crippen molar-refractivity contribution in [3.05, 3.63) is 102 Å². The van der Waals surface area contributed by atoms with Gasteiger partial charge in [0.05, 0.1) is 35.9 Å². The number of amides is 2. The Hall–Kier alpha value is -4.84. The maximum Gasteiger partial charge on any atom is 0.416 e. The molecule has 0 spiro atoms. The van der Waals surface area contributed by atoms with Crippen LogP contribution in [-0.4, -0.2) is 19.0 Å². The highest BCUT2D eigenvalue weighted by Gasteiger charge is 2.34. The van der Waals surface area contributed by atoms with E-state index < -0.39 is 35.4 Å². The molecule has 2 heterocycles. The minimum atomic E-state index is -4.76. The van der Waals surface area contributed by atoms with Crippen molar-refractivity contribution in [2.75, 3.05) is 16.9 Å². The van der Waals surface area contributed by atoms with Gasteiger partial charge >= 0.3 is 12.2 Å². The molecule has 1 atom stereocenters. The number of ether oxygens (including phenoxy) is 1. The van der Waals surface area contributed by atoms with Crippen LogP contribution in [0.15, 0.2) is 88.5 Å². The Morgan fingerprint density at radius 1 is 1.08 bits per heavy atom. The highest BCUT2D eigenvalue weighted by Crippen LogP contribution is 2.40. The van der Waals surface area contributed by atoms with Gasteiger partial charge in [-0.1, -0.05) is 6.07 Å². The Bertz CT molecular complexity index is 1570. The summed E-state index contributed by atoms with van der Waals surface area (Å²) in [5, 5.41) is 0. The zero-order chi connectivity index (χ0) is 27.9. The van der Waals surface area contributed by atoms with Gasteiger partial charge in [-0.2, -0.15) is 18.2 Å². The number of carbonyl (C=O) groups is 1. The second-order valence-corrected chi connectivity index (χ2v) is 8.52. The lowest BCUT2D eigenvalue weighted by Gasteiger charge is -2.35. The van der Waals surface area contributed by atoms with Gasteiger partial charge in [-0.3, -0.25) is 4.90 Å². The zero-order valence-electron chi connectivity index (χ0n) is 20.3. The van der Waals surface area contributed by atoms with E-state index in [2.05, 4.69) is 4.99 Å². The van der Waals surface area contributed by atoms with Crippen LogP contribution in [0.5, 0.6) is 5.75 Å². The lowest BCUT2D eigenvalue weighted by atomic mass is 10.1. The minimum absolute atomic E-state index is 0.0116. The largest absolute Gasteiger partial charge is 0.497 e. The van der Waals surface area contributed by atoms with Gasteiger partial charge < -0.3 is 25.5 Å². The Kier molecular flexibility index (Phi) is 6.48. The molecule has 5 rings (SSSR count). The van der Waals surface area contributed by atoms with E-state index in [-0.39, 0.29) is 5.69 Å².